The third kappa shape index (κ3) is 6.81. The number of nitriles is 1. The van der Waals surface area contributed by atoms with Crippen LogP contribution in [0.5, 0.6) is 0 Å². The third-order valence-corrected chi connectivity index (χ3v) is 5.58. The minimum atomic E-state index is -2.85. The molecule has 25 heavy (non-hydrogen) atoms. The highest BCUT2D eigenvalue weighted by Crippen LogP contribution is 2.43. The first-order valence-electron chi connectivity index (χ1n) is 7.05. The molecule has 0 aliphatic heterocycles. The van der Waals surface area contributed by atoms with E-state index < -0.39 is 11.6 Å². The van der Waals surface area contributed by atoms with Crippen molar-refractivity contribution in [3.8, 4) is 6.07 Å². The van der Waals surface area contributed by atoms with Gasteiger partial charge in [0.2, 0.25) is 0 Å². The zero-order valence-electron chi connectivity index (χ0n) is 13.5. The second-order valence-electron chi connectivity index (χ2n) is 4.26. The van der Waals surface area contributed by atoms with Crippen LogP contribution in [0.4, 0.5) is 11.4 Å². The van der Waals surface area contributed by atoms with Gasteiger partial charge in [0.1, 0.15) is 11.1 Å². The van der Waals surface area contributed by atoms with Crippen LogP contribution < -0.4 is 10.5 Å². The van der Waals surface area contributed by atoms with Gasteiger partial charge in [-0.1, -0.05) is 12.2 Å². The Morgan fingerprint density at radius 1 is 1.36 bits per heavy atom. The van der Waals surface area contributed by atoms with Gasteiger partial charge in [-0.05, 0) is 37.8 Å². The van der Waals surface area contributed by atoms with Gasteiger partial charge in [0.05, 0.1) is 23.8 Å². The number of nitro groups is 1. The monoisotopic (exact) mass is 401 g/mol. The molecule has 0 saturated heterocycles. The van der Waals surface area contributed by atoms with Crippen molar-refractivity contribution < 1.29 is 14.0 Å². The molecule has 0 aromatic heterocycles. The zero-order valence-corrected chi connectivity index (χ0v) is 16.0. The normalized spacial score (nSPS) is 11.5. The molecular weight excluding hydrogens is 385 g/mol. The number of hydrazone groups is 1. The maximum Gasteiger partial charge on any atom is 0.288 e. The van der Waals surface area contributed by atoms with Crippen LogP contribution in [0.1, 0.15) is 13.8 Å². The van der Waals surface area contributed by atoms with Gasteiger partial charge in [0, 0.05) is 12.1 Å². The average molecular weight is 401 g/mol. The molecule has 0 aliphatic rings. The highest BCUT2D eigenvalue weighted by atomic mass is 32.5. The first-order valence-corrected chi connectivity index (χ1v) is 10.1. The maximum atomic E-state index is 10.6. The van der Waals surface area contributed by atoms with Gasteiger partial charge >= 0.3 is 0 Å². The van der Waals surface area contributed by atoms with Crippen LogP contribution in [-0.2, 0) is 20.9 Å². The van der Waals surface area contributed by atoms with E-state index in [0.717, 1.165) is 0 Å². The van der Waals surface area contributed by atoms with E-state index >= 15 is 0 Å². The highest BCUT2D eigenvalue weighted by Gasteiger charge is 2.21. The van der Waals surface area contributed by atoms with Crippen molar-refractivity contribution in [1.29, 1.82) is 5.26 Å². The molecule has 0 fully saturated rings. The number of nitro benzene ring substituents is 1. The molecule has 0 spiro atoms. The summed E-state index contributed by atoms with van der Waals surface area (Å²) in [6, 6.07) is 7.38. The van der Waals surface area contributed by atoms with E-state index in [1.165, 1.54) is 24.3 Å². The van der Waals surface area contributed by atoms with Gasteiger partial charge in [0.15, 0.2) is 5.71 Å². The summed E-state index contributed by atoms with van der Waals surface area (Å²) in [5, 5.41) is 26.4. The van der Waals surface area contributed by atoms with E-state index in [0.29, 0.717) is 18.9 Å². The number of rotatable bonds is 9. The summed E-state index contributed by atoms with van der Waals surface area (Å²) in [4.78, 5) is 10.1. The first-order chi connectivity index (χ1) is 11.8. The molecule has 2 N–H and O–H groups in total. The molecule has 1 aromatic rings. The lowest BCUT2D eigenvalue weighted by molar-refractivity contribution is -0.384. The van der Waals surface area contributed by atoms with E-state index in [9.17, 15) is 15.4 Å². The molecule has 9 nitrogen and oxygen atoms in total. The number of benzene rings is 1. The van der Waals surface area contributed by atoms with Gasteiger partial charge in [0.25, 0.3) is 12.3 Å². The van der Waals surface area contributed by atoms with E-state index in [1.54, 1.807) is 13.8 Å². The molecule has 0 heterocycles. The number of thiocarbonyl (C=S) groups is 1. The Hall–Kier alpha value is -1.96. The quantitative estimate of drug-likeness (QED) is 0.211. The SMILES string of the molecule is CCOP(=S)(NC(=S)/C(C#N)=N/Nc1ccc([N+](=O)[O-])cc1)OCC. The van der Waals surface area contributed by atoms with Crippen molar-refractivity contribution in [3.63, 3.8) is 0 Å². The molecule has 0 aliphatic carbocycles. The number of hydrogen-bond donors (Lipinski definition) is 2. The number of nitrogens with one attached hydrogen (secondary N) is 2. The van der Waals surface area contributed by atoms with Crippen molar-refractivity contribution in [2.24, 2.45) is 5.10 Å². The van der Waals surface area contributed by atoms with Crippen LogP contribution >= 0.6 is 18.9 Å². The maximum absolute atomic E-state index is 10.6. The standard InChI is InChI=1S/C13H16N5O4PS2/c1-3-21-23(25,22-4-2)17-13(24)12(9-14)16-15-10-5-7-11(8-6-10)18(19)20/h5-8,15H,3-4H2,1-2H3,(H,17,24,25)/b16-12+. The van der Waals surface area contributed by atoms with Crippen LogP contribution in [0.25, 0.3) is 0 Å². The molecule has 0 bridgehead atoms. The van der Waals surface area contributed by atoms with Gasteiger partial charge in [-0.15, -0.1) is 0 Å². The first kappa shape index (κ1) is 21.1. The largest absolute Gasteiger partial charge is 0.314 e. The van der Waals surface area contributed by atoms with E-state index in [2.05, 4.69) is 15.6 Å². The lowest BCUT2D eigenvalue weighted by atomic mass is 10.3. The predicted molar refractivity (Wildman–Crippen MR) is 103 cm³/mol. The van der Waals surface area contributed by atoms with Crippen LogP contribution in [-0.4, -0.2) is 28.8 Å². The Labute approximate surface area is 155 Å². The third-order valence-electron chi connectivity index (χ3n) is 2.53. The van der Waals surface area contributed by atoms with Crippen LogP contribution in [0.3, 0.4) is 0 Å². The molecule has 1 rings (SSSR count). The van der Waals surface area contributed by atoms with Gasteiger partial charge in [-0.3, -0.25) is 15.5 Å². The molecule has 1 aromatic carbocycles. The van der Waals surface area contributed by atoms with Gasteiger partial charge in [-0.2, -0.15) is 10.4 Å². The van der Waals surface area contributed by atoms with E-state index in [1.807, 2.05) is 6.07 Å². The fourth-order valence-corrected chi connectivity index (χ4v) is 4.29. The van der Waals surface area contributed by atoms with Crippen molar-refractivity contribution >= 4 is 52.7 Å². The van der Waals surface area contributed by atoms with E-state index in [-0.39, 0.29) is 16.4 Å². The Bertz CT molecular complexity index is 738. The van der Waals surface area contributed by atoms with Gasteiger partial charge < -0.3 is 14.1 Å². The number of nitrogens with zero attached hydrogens (tertiary/aromatic N) is 3. The topological polar surface area (TPSA) is 122 Å². The molecule has 0 radical (unpaired) electrons. The van der Waals surface area contributed by atoms with Crippen molar-refractivity contribution in [3.05, 3.63) is 34.4 Å². The highest BCUT2D eigenvalue weighted by molar-refractivity contribution is 8.09. The Kier molecular flexibility index (Phi) is 8.54. The van der Waals surface area contributed by atoms with Crippen molar-refractivity contribution in [2.45, 2.75) is 13.8 Å². The second kappa shape index (κ2) is 10.1. The molecular formula is C13H16N5O4PS2. The number of anilines is 1. The lowest BCUT2D eigenvalue weighted by Gasteiger charge is -2.22. The van der Waals surface area contributed by atoms with Crippen molar-refractivity contribution in [1.82, 2.24) is 5.09 Å². The molecule has 0 unspecified atom stereocenters. The molecule has 0 atom stereocenters. The zero-order chi connectivity index (χ0) is 18.9. The van der Waals surface area contributed by atoms with Crippen LogP contribution in [0, 0.1) is 21.4 Å². The summed E-state index contributed by atoms with van der Waals surface area (Å²) >= 11 is 10.4. The number of non-ortho nitro benzene ring substituents is 1. The molecule has 12 heteroatoms. The average Bonchev–Trinajstić information content (AvgIpc) is 2.56. The minimum absolute atomic E-state index is 0.0119. The summed E-state index contributed by atoms with van der Waals surface area (Å²) in [6.45, 7) is 1.33. The molecule has 0 saturated carbocycles. The molecule has 0 amide bonds. The summed E-state index contributed by atoms with van der Waals surface area (Å²) in [5.74, 6) is 0. The fourth-order valence-electron chi connectivity index (χ4n) is 1.52. The Balaban J connectivity index is 2.84. The predicted octanol–water partition coefficient (Wildman–Crippen LogP) is 3.10. The minimum Gasteiger partial charge on any atom is -0.314 e. The Morgan fingerprint density at radius 2 is 1.92 bits per heavy atom. The van der Waals surface area contributed by atoms with Crippen molar-refractivity contribution in [2.75, 3.05) is 18.6 Å². The smallest absolute Gasteiger partial charge is 0.288 e. The van der Waals surface area contributed by atoms with Gasteiger partial charge in [-0.25, -0.2) is 0 Å². The van der Waals surface area contributed by atoms with Crippen LogP contribution in [0.2, 0.25) is 0 Å². The summed E-state index contributed by atoms with van der Waals surface area (Å²) in [5.41, 5.74) is 2.88. The fraction of sp³-hybridized carbons (Fsp3) is 0.308. The Morgan fingerprint density at radius 3 is 2.36 bits per heavy atom. The van der Waals surface area contributed by atoms with E-state index in [4.69, 9.17) is 33.1 Å². The number of hydrogen-bond acceptors (Lipinski definition) is 9. The molecule has 134 valence electrons. The summed E-state index contributed by atoms with van der Waals surface area (Å²) in [6.07, 6.45) is 0. The lowest BCUT2D eigenvalue weighted by Crippen LogP contribution is -2.28. The summed E-state index contributed by atoms with van der Waals surface area (Å²) < 4.78 is 10.8. The summed E-state index contributed by atoms with van der Waals surface area (Å²) in [7, 11) is 0. The second-order valence-corrected chi connectivity index (χ2v) is 7.85. The van der Waals surface area contributed by atoms with Crippen LogP contribution in [0.15, 0.2) is 29.4 Å².